The molecule has 1 rings (SSSR count). The first-order chi connectivity index (χ1) is 4.25. The van der Waals surface area contributed by atoms with E-state index in [0.717, 1.165) is 12.0 Å². The van der Waals surface area contributed by atoms with Gasteiger partial charge in [0.1, 0.15) is 0 Å². The minimum Gasteiger partial charge on any atom is -0.404 e. The number of hydrogen-bond acceptors (Lipinski definition) is 2. The molecule has 0 radical (unpaired) electrons. The molecule has 1 saturated carbocycles. The predicted molar refractivity (Wildman–Crippen MR) is 35.7 cm³/mol. The van der Waals surface area contributed by atoms with E-state index in [9.17, 15) is 4.79 Å². The third-order valence-corrected chi connectivity index (χ3v) is 1.55. The van der Waals surface area contributed by atoms with Crippen LogP contribution in [-0.2, 0) is 4.79 Å². The van der Waals surface area contributed by atoms with Gasteiger partial charge in [-0.2, -0.15) is 0 Å². The van der Waals surface area contributed by atoms with Crippen LogP contribution >= 0.6 is 0 Å². The Hall–Kier alpha value is -1.05. The third kappa shape index (κ3) is 0.875. The Kier molecular flexibility index (Phi) is 1.39. The van der Waals surface area contributed by atoms with Gasteiger partial charge in [0.2, 0.25) is 0 Å². The van der Waals surface area contributed by atoms with Crippen molar-refractivity contribution >= 4 is 5.78 Å². The number of ketones is 1. The molecule has 0 atom stereocenters. The van der Waals surface area contributed by atoms with E-state index >= 15 is 0 Å². The third-order valence-electron chi connectivity index (χ3n) is 1.55. The number of nitrogens with two attached hydrogens (primary N) is 1. The van der Waals surface area contributed by atoms with E-state index < -0.39 is 0 Å². The van der Waals surface area contributed by atoms with Crippen molar-refractivity contribution in [3.8, 4) is 0 Å². The molecule has 48 valence electrons. The zero-order valence-corrected chi connectivity index (χ0v) is 5.18. The van der Waals surface area contributed by atoms with Crippen LogP contribution in [0.5, 0.6) is 0 Å². The first-order valence-corrected chi connectivity index (χ1v) is 2.89. The summed E-state index contributed by atoms with van der Waals surface area (Å²) in [6, 6.07) is 0. The highest BCUT2D eigenvalue weighted by Crippen LogP contribution is 2.24. The highest BCUT2D eigenvalue weighted by atomic mass is 16.1. The van der Waals surface area contributed by atoms with Crippen molar-refractivity contribution in [2.24, 2.45) is 5.73 Å². The van der Waals surface area contributed by atoms with Crippen molar-refractivity contribution < 1.29 is 4.79 Å². The topological polar surface area (TPSA) is 43.1 Å². The fourth-order valence-electron chi connectivity index (χ4n) is 0.913. The second-order valence-corrected chi connectivity index (χ2v) is 2.09. The van der Waals surface area contributed by atoms with Gasteiger partial charge in [-0.1, -0.05) is 6.58 Å². The first-order valence-electron chi connectivity index (χ1n) is 2.89. The summed E-state index contributed by atoms with van der Waals surface area (Å²) in [5, 5.41) is 0. The van der Waals surface area contributed by atoms with Gasteiger partial charge in [0.05, 0.1) is 0 Å². The van der Waals surface area contributed by atoms with E-state index in [1.165, 1.54) is 6.20 Å². The number of allylic oxidation sites excluding steroid dienone is 2. The maximum atomic E-state index is 10.7. The number of rotatable bonds is 0. The molecule has 1 aliphatic rings. The predicted octanol–water partition coefficient (Wildman–Crippen LogP) is 0.748. The van der Waals surface area contributed by atoms with Crippen molar-refractivity contribution in [2.45, 2.75) is 12.8 Å². The summed E-state index contributed by atoms with van der Waals surface area (Å²) in [7, 11) is 0. The van der Waals surface area contributed by atoms with Crippen molar-refractivity contribution in [1.29, 1.82) is 0 Å². The van der Waals surface area contributed by atoms with Gasteiger partial charge in [0, 0.05) is 12.0 Å². The Labute approximate surface area is 54.0 Å². The molecule has 9 heavy (non-hydrogen) atoms. The average Bonchev–Trinajstić information content (AvgIpc) is 2.15. The van der Waals surface area contributed by atoms with E-state index in [2.05, 4.69) is 6.58 Å². The number of carbonyl (C=O) groups is 1. The SMILES string of the molecule is C=C1C(=O)CC/C1=C/N. The Morgan fingerprint density at radius 3 is 2.44 bits per heavy atom. The van der Waals surface area contributed by atoms with Crippen molar-refractivity contribution in [3.05, 3.63) is 23.9 Å². The van der Waals surface area contributed by atoms with Crippen LogP contribution in [0.1, 0.15) is 12.8 Å². The van der Waals surface area contributed by atoms with Crippen LogP contribution < -0.4 is 5.73 Å². The maximum absolute atomic E-state index is 10.7. The van der Waals surface area contributed by atoms with Crippen LogP contribution in [0.2, 0.25) is 0 Å². The highest BCUT2D eigenvalue weighted by molar-refractivity contribution is 6.02. The Morgan fingerprint density at radius 2 is 2.22 bits per heavy atom. The summed E-state index contributed by atoms with van der Waals surface area (Å²) in [6.45, 7) is 3.59. The number of hydrogen-bond donors (Lipinski definition) is 1. The van der Waals surface area contributed by atoms with Gasteiger partial charge >= 0.3 is 0 Å². The van der Waals surface area contributed by atoms with Crippen molar-refractivity contribution in [2.75, 3.05) is 0 Å². The summed E-state index contributed by atoms with van der Waals surface area (Å²) >= 11 is 0. The zero-order valence-electron chi connectivity index (χ0n) is 5.18. The Bertz CT molecular complexity index is 191. The molecule has 2 heteroatoms. The van der Waals surface area contributed by atoms with Crippen LogP contribution in [0.15, 0.2) is 23.9 Å². The Morgan fingerprint density at radius 1 is 1.56 bits per heavy atom. The lowest BCUT2D eigenvalue weighted by Gasteiger charge is -1.90. The van der Waals surface area contributed by atoms with Crippen LogP contribution in [0.4, 0.5) is 0 Å². The molecule has 2 nitrogen and oxygen atoms in total. The number of Topliss-reactive ketones (excluding diaryl/α,β-unsaturated/α-hetero) is 1. The molecule has 0 aromatic carbocycles. The lowest BCUT2D eigenvalue weighted by Crippen LogP contribution is -1.91. The van der Waals surface area contributed by atoms with E-state index in [0.29, 0.717) is 12.0 Å². The second kappa shape index (κ2) is 2.05. The summed E-state index contributed by atoms with van der Waals surface area (Å²) in [4.78, 5) is 10.7. The summed E-state index contributed by atoms with van der Waals surface area (Å²) in [6.07, 6.45) is 2.82. The Balaban J connectivity index is 2.86. The molecule has 0 amide bonds. The van der Waals surface area contributed by atoms with Crippen LogP contribution in [0.3, 0.4) is 0 Å². The average molecular weight is 123 g/mol. The maximum Gasteiger partial charge on any atom is 0.162 e. The second-order valence-electron chi connectivity index (χ2n) is 2.09. The summed E-state index contributed by atoms with van der Waals surface area (Å²) in [5.74, 6) is 0.131. The van der Waals surface area contributed by atoms with Gasteiger partial charge in [0.25, 0.3) is 0 Å². The molecule has 0 aromatic rings. The molecule has 0 bridgehead atoms. The fourth-order valence-corrected chi connectivity index (χ4v) is 0.913. The van der Waals surface area contributed by atoms with E-state index in [1.807, 2.05) is 0 Å². The smallest absolute Gasteiger partial charge is 0.162 e. The molecule has 0 heterocycles. The molecule has 0 aliphatic heterocycles. The summed E-state index contributed by atoms with van der Waals surface area (Å²) < 4.78 is 0. The highest BCUT2D eigenvalue weighted by Gasteiger charge is 2.19. The van der Waals surface area contributed by atoms with E-state index in [1.54, 1.807) is 0 Å². The monoisotopic (exact) mass is 123 g/mol. The molecule has 0 spiro atoms. The van der Waals surface area contributed by atoms with Gasteiger partial charge in [-0.25, -0.2) is 0 Å². The van der Waals surface area contributed by atoms with Gasteiger partial charge in [-0.05, 0) is 18.2 Å². The molecular weight excluding hydrogens is 114 g/mol. The zero-order chi connectivity index (χ0) is 6.85. The standard InChI is InChI=1S/C7H9NO/c1-5-6(4-8)2-3-7(5)9/h4H,1-3,8H2/b6-4-. The minimum absolute atomic E-state index is 0.131. The fraction of sp³-hybridized carbons (Fsp3) is 0.286. The lowest BCUT2D eigenvalue weighted by molar-refractivity contribution is -0.114. The van der Waals surface area contributed by atoms with E-state index in [4.69, 9.17) is 5.73 Å². The van der Waals surface area contributed by atoms with E-state index in [-0.39, 0.29) is 5.78 Å². The van der Waals surface area contributed by atoms with Gasteiger partial charge in [-0.3, -0.25) is 4.79 Å². The van der Waals surface area contributed by atoms with Crippen LogP contribution in [0.25, 0.3) is 0 Å². The first kappa shape index (κ1) is 6.08. The molecular formula is C7H9NO. The molecule has 1 aliphatic carbocycles. The quantitative estimate of drug-likeness (QED) is 0.483. The van der Waals surface area contributed by atoms with Crippen LogP contribution in [-0.4, -0.2) is 5.78 Å². The lowest BCUT2D eigenvalue weighted by atomic mass is 10.2. The van der Waals surface area contributed by atoms with Gasteiger partial charge < -0.3 is 5.73 Å². The normalized spacial score (nSPS) is 23.8. The molecule has 0 saturated heterocycles. The van der Waals surface area contributed by atoms with Crippen molar-refractivity contribution in [1.82, 2.24) is 0 Å². The minimum atomic E-state index is 0.131. The summed E-state index contributed by atoms with van der Waals surface area (Å²) in [5.41, 5.74) is 6.71. The van der Waals surface area contributed by atoms with Gasteiger partial charge in [-0.15, -0.1) is 0 Å². The molecule has 0 unspecified atom stereocenters. The molecule has 0 aromatic heterocycles. The van der Waals surface area contributed by atoms with Crippen molar-refractivity contribution in [3.63, 3.8) is 0 Å². The number of carbonyl (C=O) groups excluding carboxylic acids is 1. The molecule has 2 N–H and O–H groups in total. The van der Waals surface area contributed by atoms with Gasteiger partial charge in [0.15, 0.2) is 5.78 Å². The largest absolute Gasteiger partial charge is 0.404 e. The van der Waals surface area contributed by atoms with Crippen LogP contribution in [0, 0.1) is 0 Å². The molecule has 1 fully saturated rings.